The molecule has 1 aliphatic carbocycles. The lowest BCUT2D eigenvalue weighted by atomic mass is 9.97. The Labute approximate surface area is 80.9 Å². The second-order valence-electron chi connectivity index (χ2n) is 4.86. The molecule has 0 amide bonds. The van der Waals surface area contributed by atoms with E-state index < -0.39 is 5.60 Å². The molecule has 1 saturated carbocycles. The maximum Gasteiger partial charge on any atom is 0.0774 e. The van der Waals surface area contributed by atoms with E-state index in [2.05, 4.69) is 4.90 Å². The van der Waals surface area contributed by atoms with Crippen LogP contribution in [0.2, 0.25) is 0 Å². The molecule has 1 N–H and O–H groups in total. The van der Waals surface area contributed by atoms with Gasteiger partial charge >= 0.3 is 0 Å². The number of piperidine rings is 1. The molecule has 0 aromatic rings. The monoisotopic (exact) mass is 183 g/mol. The number of rotatable bonds is 1. The van der Waals surface area contributed by atoms with Crippen molar-refractivity contribution >= 4 is 0 Å². The van der Waals surface area contributed by atoms with Crippen LogP contribution in [0, 0.1) is 0 Å². The normalized spacial score (nSPS) is 42.5. The maximum atomic E-state index is 10.2. The van der Waals surface area contributed by atoms with Gasteiger partial charge in [-0.15, -0.1) is 0 Å². The lowest BCUT2D eigenvalue weighted by molar-refractivity contribution is -0.0191. The molecule has 0 bridgehead atoms. The van der Waals surface area contributed by atoms with Crippen molar-refractivity contribution in [3.05, 3.63) is 0 Å². The molecule has 76 valence electrons. The minimum atomic E-state index is -0.405. The molecule has 2 nitrogen and oxygen atoms in total. The standard InChI is InChI=1S/C11H21NO/c1-11(13)7-5-6-10(11)12-8-3-2-4-9-12/h10,13H,2-9H2,1H3. The highest BCUT2D eigenvalue weighted by Gasteiger charge is 2.40. The summed E-state index contributed by atoms with van der Waals surface area (Å²) in [5.74, 6) is 0. The van der Waals surface area contributed by atoms with Crippen LogP contribution in [0.25, 0.3) is 0 Å². The lowest BCUT2D eigenvalue weighted by Crippen LogP contribution is -2.49. The summed E-state index contributed by atoms with van der Waals surface area (Å²) in [6, 6.07) is 0.452. The van der Waals surface area contributed by atoms with E-state index in [1.807, 2.05) is 6.92 Å². The van der Waals surface area contributed by atoms with Crippen molar-refractivity contribution in [1.29, 1.82) is 0 Å². The molecule has 2 aliphatic rings. The van der Waals surface area contributed by atoms with Crippen LogP contribution in [0.5, 0.6) is 0 Å². The number of aliphatic hydroxyl groups is 1. The second kappa shape index (κ2) is 3.58. The minimum Gasteiger partial charge on any atom is -0.389 e. The van der Waals surface area contributed by atoms with E-state index in [4.69, 9.17) is 0 Å². The molecule has 2 fully saturated rings. The largest absolute Gasteiger partial charge is 0.389 e. The van der Waals surface area contributed by atoms with Crippen LogP contribution in [0.15, 0.2) is 0 Å². The molecule has 1 aliphatic heterocycles. The number of hydrogen-bond acceptors (Lipinski definition) is 2. The van der Waals surface area contributed by atoms with Crippen molar-refractivity contribution in [2.45, 2.75) is 57.1 Å². The molecule has 0 spiro atoms. The average molecular weight is 183 g/mol. The van der Waals surface area contributed by atoms with Crippen molar-refractivity contribution in [3.63, 3.8) is 0 Å². The van der Waals surface area contributed by atoms with Crippen LogP contribution in [0.1, 0.15) is 45.4 Å². The first-order chi connectivity index (χ1) is 6.20. The smallest absolute Gasteiger partial charge is 0.0774 e. The Morgan fingerprint density at radius 2 is 1.85 bits per heavy atom. The van der Waals surface area contributed by atoms with Gasteiger partial charge in [-0.25, -0.2) is 0 Å². The van der Waals surface area contributed by atoms with Gasteiger partial charge in [-0.2, -0.15) is 0 Å². The fourth-order valence-corrected chi connectivity index (χ4v) is 2.94. The van der Waals surface area contributed by atoms with E-state index in [1.54, 1.807) is 0 Å². The zero-order chi connectivity index (χ0) is 9.31. The molecular weight excluding hydrogens is 162 g/mol. The minimum absolute atomic E-state index is 0.405. The summed E-state index contributed by atoms with van der Waals surface area (Å²) in [4.78, 5) is 2.51. The molecule has 13 heavy (non-hydrogen) atoms. The predicted octanol–water partition coefficient (Wildman–Crippen LogP) is 1.78. The van der Waals surface area contributed by atoms with Gasteiger partial charge in [-0.1, -0.05) is 6.42 Å². The fraction of sp³-hybridized carbons (Fsp3) is 1.00. The Hall–Kier alpha value is -0.0800. The van der Waals surface area contributed by atoms with Gasteiger partial charge in [0.15, 0.2) is 0 Å². The summed E-state index contributed by atoms with van der Waals surface area (Å²) in [7, 11) is 0. The fourth-order valence-electron chi connectivity index (χ4n) is 2.94. The molecule has 1 heterocycles. The first-order valence-corrected chi connectivity index (χ1v) is 5.66. The van der Waals surface area contributed by atoms with Gasteiger partial charge < -0.3 is 5.11 Å². The van der Waals surface area contributed by atoms with Gasteiger partial charge in [0.05, 0.1) is 5.60 Å². The van der Waals surface area contributed by atoms with Crippen LogP contribution in [-0.2, 0) is 0 Å². The van der Waals surface area contributed by atoms with Crippen molar-refractivity contribution in [1.82, 2.24) is 4.90 Å². The van der Waals surface area contributed by atoms with Crippen molar-refractivity contribution in [2.24, 2.45) is 0 Å². The quantitative estimate of drug-likeness (QED) is 0.670. The lowest BCUT2D eigenvalue weighted by Gasteiger charge is -2.38. The van der Waals surface area contributed by atoms with E-state index in [0.29, 0.717) is 6.04 Å². The molecule has 0 radical (unpaired) electrons. The summed E-state index contributed by atoms with van der Waals surface area (Å²) in [5, 5.41) is 10.2. The summed E-state index contributed by atoms with van der Waals surface area (Å²) < 4.78 is 0. The number of likely N-dealkylation sites (tertiary alicyclic amines) is 1. The Kier molecular flexibility index (Phi) is 2.61. The summed E-state index contributed by atoms with van der Waals surface area (Å²) in [6.07, 6.45) is 7.43. The average Bonchev–Trinajstić information content (AvgIpc) is 2.47. The van der Waals surface area contributed by atoms with Gasteiger partial charge in [0.1, 0.15) is 0 Å². The van der Waals surface area contributed by atoms with Crippen molar-refractivity contribution in [2.75, 3.05) is 13.1 Å². The first-order valence-electron chi connectivity index (χ1n) is 5.66. The summed E-state index contributed by atoms with van der Waals surface area (Å²) in [5.41, 5.74) is -0.405. The third-order valence-corrected chi connectivity index (χ3v) is 3.71. The molecule has 2 unspecified atom stereocenters. The number of hydrogen-bond donors (Lipinski definition) is 1. The molecule has 2 rings (SSSR count). The van der Waals surface area contributed by atoms with E-state index in [9.17, 15) is 5.11 Å². The van der Waals surface area contributed by atoms with E-state index >= 15 is 0 Å². The van der Waals surface area contributed by atoms with Gasteiger partial charge in [0.25, 0.3) is 0 Å². The Bertz CT molecular complexity index is 173. The third-order valence-electron chi connectivity index (χ3n) is 3.71. The van der Waals surface area contributed by atoms with Gasteiger partial charge in [0.2, 0.25) is 0 Å². The van der Waals surface area contributed by atoms with Crippen LogP contribution in [-0.4, -0.2) is 34.7 Å². The molecular formula is C11H21NO. The highest BCUT2D eigenvalue weighted by Crippen LogP contribution is 2.34. The predicted molar refractivity (Wildman–Crippen MR) is 53.7 cm³/mol. The summed E-state index contributed by atoms with van der Waals surface area (Å²) >= 11 is 0. The van der Waals surface area contributed by atoms with E-state index in [0.717, 1.165) is 6.42 Å². The third kappa shape index (κ3) is 1.89. The molecule has 2 heteroatoms. The Balaban J connectivity index is 1.98. The topological polar surface area (TPSA) is 23.5 Å². The molecule has 1 saturated heterocycles. The Morgan fingerprint density at radius 1 is 1.15 bits per heavy atom. The zero-order valence-electron chi connectivity index (χ0n) is 8.63. The second-order valence-corrected chi connectivity index (χ2v) is 4.86. The van der Waals surface area contributed by atoms with Gasteiger partial charge in [0, 0.05) is 6.04 Å². The van der Waals surface area contributed by atoms with Crippen LogP contribution >= 0.6 is 0 Å². The maximum absolute atomic E-state index is 10.2. The molecule has 2 atom stereocenters. The SMILES string of the molecule is CC1(O)CCCC1N1CCCCC1. The van der Waals surface area contributed by atoms with Crippen LogP contribution in [0.3, 0.4) is 0 Å². The molecule has 0 aromatic heterocycles. The molecule has 0 aromatic carbocycles. The van der Waals surface area contributed by atoms with Crippen molar-refractivity contribution < 1.29 is 5.11 Å². The first kappa shape index (κ1) is 9.47. The highest BCUT2D eigenvalue weighted by molar-refractivity contribution is 4.95. The highest BCUT2D eigenvalue weighted by atomic mass is 16.3. The van der Waals surface area contributed by atoms with E-state index in [-0.39, 0.29) is 0 Å². The number of nitrogens with zero attached hydrogens (tertiary/aromatic N) is 1. The summed E-state index contributed by atoms with van der Waals surface area (Å²) in [6.45, 7) is 4.43. The van der Waals surface area contributed by atoms with Gasteiger partial charge in [-0.3, -0.25) is 4.90 Å². The van der Waals surface area contributed by atoms with Crippen LogP contribution in [0.4, 0.5) is 0 Å². The zero-order valence-corrected chi connectivity index (χ0v) is 8.63. The van der Waals surface area contributed by atoms with E-state index in [1.165, 1.54) is 45.2 Å². The van der Waals surface area contributed by atoms with Crippen LogP contribution < -0.4 is 0 Å². The Morgan fingerprint density at radius 3 is 2.38 bits per heavy atom. The van der Waals surface area contributed by atoms with Gasteiger partial charge in [-0.05, 0) is 52.1 Å². The van der Waals surface area contributed by atoms with Crippen molar-refractivity contribution in [3.8, 4) is 0 Å².